The van der Waals surface area contributed by atoms with Gasteiger partial charge in [0.05, 0.1) is 11.3 Å². The van der Waals surface area contributed by atoms with Gasteiger partial charge in [-0.25, -0.2) is 0 Å². The molecule has 3 amide bonds. The third kappa shape index (κ3) is 3.46. The molecule has 1 spiro atoms. The summed E-state index contributed by atoms with van der Waals surface area (Å²) in [4.78, 5) is 46.0. The summed E-state index contributed by atoms with van der Waals surface area (Å²) >= 11 is 6.13. The largest absolute Gasteiger partial charge is 0.350 e. The number of hydrogen-bond acceptors (Lipinski definition) is 4. The zero-order chi connectivity index (χ0) is 24.7. The number of fused-ring (bicyclic) bond motifs is 3. The van der Waals surface area contributed by atoms with E-state index in [1.54, 1.807) is 47.4 Å². The number of rotatable bonds is 5. The summed E-state index contributed by atoms with van der Waals surface area (Å²) in [6.45, 7) is 4.79. The molecule has 35 heavy (non-hydrogen) atoms. The van der Waals surface area contributed by atoms with Crippen LogP contribution >= 0.6 is 11.6 Å². The SMILES string of the molecule is CCN(CC)C(=O)CN1C(=O)[C@]2(Nc3ccccc3C(=O)N2c2ccc(Cl)cc2)c2ccccc21. The maximum atomic E-state index is 14.4. The van der Waals surface area contributed by atoms with Crippen LogP contribution < -0.4 is 15.1 Å². The lowest BCUT2D eigenvalue weighted by atomic mass is 9.92. The van der Waals surface area contributed by atoms with Gasteiger partial charge in [-0.2, -0.15) is 0 Å². The van der Waals surface area contributed by atoms with Crippen molar-refractivity contribution in [2.75, 3.05) is 34.8 Å². The van der Waals surface area contributed by atoms with Crippen molar-refractivity contribution in [3.8, 4) is 0 Å². The minimum Gasteiger partial charge on any atom is -0.350 e. The molecule has 3 aromatic carbocycles. The molecule has 0 aliphatic carbocycles. The van der Waals surface area contributed by atoms with E-state index in [0.29, 0.717) is 46.3 Å². The highest BCUT2D eigenvalue weighted by molar-refractivity contribution is 6.30. The smallest absolute Gasteiger partial charge is 0.279 e. The van der Waals surface area contributed by atoms with Gasteiger partial charge in [0.1, 0.15) is 6.54 Å². The standard InChI is InChI=1S/C27H25ClN4O3/c1-3-30(4-2)24(33)17-31-23-12-8-6-10-21(23)27(26(31)35)29-22-11-7-5-9-20(22)25(34)32(27)19-15-13-18(28)14-16-19/h5-16,29H,3-4,17H2,1-2H3/t27-/m0/s1. The maximum Gasteiger partial charge on any atom is 0.279 e. The van der Waals surface area contributed by atoms with Gasteiger partial charge in [-0.05, 0) is 56.3 Å². The predicted octanol–water partition coefficient (Wildman–Crippen LogP) is 4.48. The van der Waals surface area contributed by atoms with Gasteiger partial charge >= 0.3 is 0 Å². The first kappa shape index (κ1) is 22.9. The molecule has 0 radical (unpaired) electrons. The first-order valence-electron chi connectivity index (χ1n) is 11.6. The number of anilines is 3. The lowest BCUT2D eigenvalue weighted by molar-refractivity contribution is -0.131. The molecule has 2 heterocycles. The second-order valence-electron chi connectivity index (χ2n) is 8.47. The molecule has 3 aromatic rings. The van der Waals surface area contributed by atoms with Crippen LogP contribution in [0.2, 0.25) is 5.02 Å². The molecular formula is C27H25ClN4O3. The average molecular weight is 489 g/mol. The number of para-hydroxylation sites is 2. The molecule has 1 N–H and O–H groups in total. The summed E-state index contributed by atoms with van der Waals surface area (Å²) in [5.41, 5.74) is 1.17. The number of benzene rings is 3. The van der Waals surface area contributed by atoms with Gasteiger partial charge in [-0.3, -0.25) is 24.2 Å². The third-order valence-electron chi connectivity index (χ3n) is 6.65. The van der Waals surface area contributed by atoms with E-state index in [2.05, 4.69) is 5.32 Å². The number of nitrogens with zero attached hydrogens (tertiary/aromatic N) is 3. The van der Waals surface area contributed by atoms with Gasteiger partial charge in [-0.15, -0.1) is 0 Å². The quantitative estimate of drug-likeness (QED) is 0.574. The number of hydrogen-bond donors (Lipinski definition) is 1. The molecule has 0 bridgehead atoms. The molecule has 0 saturated carbocycles. The van der Waals surface area contributed by atoms with E-state index in [4.69, 9.17) is 11.6 Å². The molecule has 0 fully saturated rings. The van der Waals surface area contributed by atoms with Crippen molar-refractivity contribution in [1.29, 1.82) is 0 Å². The highest BCUT2D eigenvalue weighted by atomic mass is 35.5. The van der Waals surface area contributed by atoms with Crippen molar-refractivity contribution in [2.24, 2.45) is 0 Å². The van der Waals surface area contributed by atoms with Gasteiger partial charge in [0.2, 0.25) is 11.6 Å². The Morgan fingerprint density at radius 3 is 2.31 bits per heavy atom. The van der Waals surface area contributed by atoms with Crippen LogP contribution in [-0.2, 0) is 15.3 Å². The van der Waals surface area contributed by atoms with Crippen LogP contribution in [0, 0.1) is 0 Å². The highest BCUT2D eigenvalue weighted by Gasteiger charge is 2.60. The van der Waals surface area contributed by atoms with Crippen molar-refractivity contribution in [1.82, 2.24) is 4.90 Å². The van der Waals surface area contributed by atoms with Crippen molar-refractivity contribution in [3.63, 3.8) is 0 Å². The Kier molecular flexibility index (Phi) is 5.73. The van der Waals surface area contributed by atoms with Crippen LogP contribution in [0.5, 0.6) is 0 Å². The van der Waals surface area contributed by atoms with Crippen molar-refractivity contribution < 1.29 is 14.4 Å². The number of amides is 3. The first-order valence-corrected chi connectivity index (χ1v) is 12.0. The minimum absolute atomic E-state index is 0.120. The van der Waals surface area contributed by atoms with Crippen LogP contribution in [0.25, 0.3) is 0 Å². The fraction of sp³-hybridized carbons (Fsp3) is 0.222. The molecule has 7 nitrogen and oxygen atoms in total. The van der Waals surface area contributed by atoms with Gasteiger partial charge in [0, 0.05) is 35.1 Å². The summed E-state index contributed by atoms with van der Waals surface area (Å²) in [5, 5.41) is 3.91. The summed E-state index contributed by atoms with van der Waals surface area (Å²) < 4.78 is 0. The van der Waals surface area contributed by atoms with Crippen LogP contribution in [0.1, 0.15) is 29.8 Å². The molecule has 2 aliphatic rings. The van der Waals surface area contributed by atoms with Gasteiger partial charge < -0.3 is 10.2 Å². The fourth-order valence-corrected chi connectivity index (χ4v) is 5.07. The average Bonchev–Trinajstić information content (AvgIpc) is 3.09. The molecular weight excluding hydrogens is 464 g/mol. The number of likely N-dealkylation sites (N-methyl/N-ethyl adjacent to an activating group) is 1. The Bertz CT molecular complexity index is 1320. The van der Waals surface area contributed by atoms with E-state index in [0.717, 1.165) is 0 Å². The Morgan fingerprint density at radius 1 is 0.943 bits per heavy atom. The highest BCUT2D eigenvalue weighted by Crippen LogP contribution is 2.49. The van der Waals surface area contributed by atoms with E-state index in [-0.39, 0.29) is 18.4 Å². The molecule has 0 saturated heterocycles. The molecule has 178 valence electrons. The second-order valence-corrected chi connectivity index (χ2v) is 8.91. The van der Waals surface area contributed by atoms with E-state index in [9.17, 15) is 14.4 Å². The summed E-state index contributed by atoms with van der Waals surface area (Å²) in [5.74, 6) is -0.866. The molecule has 5 rings (SSSR count). The second kappa shape index (κ2) is 8.74. The topological polar surface area (TPSA) is 73.0 Å². The predicted molar refractivity (Wildman–Crippen MR) is 137 cm³/mol. The van der Waals surface area contributed by atoms with Gasteiger partial charge in [-0.1, -0.05) is 41.9 Å². The maximum absolute atomic E-state index is 14.4. The number of halogens is 1. The van der Waals surface area contributed by atoms with Gasteiger partial charge in [0.25, 0.3) is 11.8 Å². The van der Waals surface area contributed by atoms with E-state index in [1.807, 2.05) is 44.2 Å². The number of carbonyl (C=O) groups is 3. The summed E-state index contributed by atoms with van der Waals surface area (Å²) in [7, 11) is 0. The fourth-order valence-electron chi connectivity index (χ4n) is 4.94. The minimum atomic E-state index is -1.56. The van der Waals surface area contributed by atoms with Gasteiger partial charge in [0.15, 0.2) is 0 Å². The zero-order valence-electron chi connectivity index (χ0n) is 19.5. The van der Waals surface area contributed by atoms with Crippen molar-refractivity contribution in [2.45, 2.75) is 19.5 Å². The number of nitrogens with one attached hydrogen (secondary N) is 1. The van der Waals surface area contributed by atoms with E-state index >= 15 is 0 Å². The molecule has 2 aliphatic heterocycles. The monoisotopic (exact) mass is 488 g/mol. The van der Waals surface area contributed by atoms with Crippen LogP contribution in [-0.4, -0.2) is 42.3 Å². The molecule has 8 heteroatoms. The molecule has 0 unspecified atom stereocenters. The Morgan fingerprint density at radius 2 is 1.60 bits per heavy atom. The van der Waals surface area contributed by atoms with Crippen molar-refractivity contribution >= 4 is 46.4 Å². The van der Waals surface area contributed by atoms with Crippen molar-refractivity contribution in [3.05, 3.63) is 88.9 Å². The third-order valence-corrected chi connectivity index (χ3v) is 6.90. The Labute approximate surface area is 208 Å². The summed E-state index contributed by atoms with van der Waals surface area (Å²) in [6, 6.07) is 21.2. The normalized spacial score (nSPS) is 18.4. The number of carbonyl (C=O) groups excluding carboxylic acids is 3. The van der Waals surface area contributed by atoms with E-state index < -0.39 is 11.6 Å². The first-order chi connectivity index (χ1) is 16.9. The molecule has 0 aromatic heterocycles. The van der Waals surface area contributed by atoms with Crippen LogP contribution in [0.15, 0.2) is 72.8 Å². The molecule has 1 atom stereocenters. The Hall–Kier alpha value is -3.84. The van der Waals surface area contributed by atoms with Crippen LogP contribution in [0.4, 0.5) is 17.1 Å². The van der Waals surface area contributed by atoms with Crippen LogP contribution in [0.3, 0.4) is 0 Å². The van der Waals surface area contributed by atoms with E-state index in [1.165, 1.54) is 9.80 Å². The Balaban J connectivity index is 1.71. The summed E-state index contributed by atoms with van der Waals surface area (Å²) in [6.07, 6.45) is 0. The lowest BCUT2D eigenvalue weighted by Crippen LogP contribution is -2.63. The lowest BCUT2D eigenvalue weighted by Gasteiger charge is -2.45. The zero-order valence-corrected chi connectivity index (χ0v) is 20.2.